The van der Waals surface area contributed by atoms with Gasteiger partial charge in [0.2, 0.25) is 5.91 Å². The molecule has 0 aliphatic carbocycles. The van der Waals surface area contributed by atoms with Gasteiger partial charge in [-0.3, -0.25) is 9.78 Å². The smallest absolute Gasteiger partial charge is 0.358 e. The summed E-state index contributed by atoms with van der Waals surface area (Å²) in [6.45, 7) is 0.481. The lowest BCUT2D eigenvalue weighted by Gasteiger charge is -2.16. The first-order valence-electron chi connectivity index (χ1n) is 6.33. The SMILES string of the molecule is CN(CCc1ccccn1)C(=O)Cn1cc(C(=O)O)nn1. The van der Waals surface area contributed by atoms with Crippen LogP contribution in [0.2, 0.25) is 0 Å². The lowest BCUT2D eigenvalue weighted by atomic mass is 10.2. The molecule has 8 nitrogen and oxygen atoms in total. The second kappa shape index (κ2) is 6.60. The zero-order valence-corrected chi connectivity index (χ0v) is 11.5. The molecule has 0 unspecified atom stereocenters. The Kier molecular flexibility index (Phi) is 4.60. The predicted octanol–water partition coefficient (Wildman–Crippen LogP) is 0.0724. The number of pyridine rings is 1. The molecule has 0 fully saturated rings. The number of carboxylic acid groups (broad SMARTS) is 1. The Morgan fingerprint density at radius 2 is 2.19 bits per heavy atom. The Morgan fingerprint density at radius 1 is 1.38 bits per heavy atom. The summed E-state index contributed by atoms with van der Waals surface area (Å²) >= 11 is 0. The average Bonchev–Trinajstić information content (AvgIpc) is 2.94. The normalized spacial score (nSPS) is 10.3. The summed E-state index contributed by atoms with van der Waals surface area (Å²) < 4.78 is 1.21. The van der Waals surface area contributed by atoms with E-state index < -0.39 is 5.97 Å². The number of rotatable bonds is 6. The van der Waals surface area contributed by atoms with E-state index in [0.29, 0.717) is 13.0 Å². The molecule has 110 valence electrons. The number of aromatic carboxylic acids is 1. The highest BCUT2D eigenvalue weighted by Crippen LogP contribution is 1.99. The number of hydrogen-bond acceptors (Lipinski definition) is 5. The fraction of sp³-hybridized carbons (Fsp3) is 0.308. The summed E-state index contributed by atoms with van der Waals surface area (Å²) in [5, 5.41) is 15.8. The summed E-state index contributed by atoms with van der Waals surface area (Å²) in [6, 6.07) is 5.63. The van der Waals surface area contributed by atoms with Crippen molar-refractivity contribution < 1.29 is 14.7 Å². The summed E-state index contributed by atoms with van der Waals surface area (Å²) in [4.78, 5) is 28.4. The summed E-state index contributed by atoms with van der Waals surface area (Å²) in [6.07, 6.45) is 3.59. The van der Waals surface area contributed by atoms with Crippen molar-refractivity contribution in [3.8, 4) is 0 Å². The molecule has 0 saturated heterocycles. The largest absolute Gasteiger partial charge is 0.476 e. The molecule has 2 aromatic heterocycles. The predicted molar refractivity (Wildman–Crippen MR) is 72.6 cm³/mol. The van der Waals surface area contributed by atoms with Crippen LogP contribution in [-0.2, 0) is 17.8 Å². The minimum atomic E-state index is -1.17. The van der Waals surface area contributed by atoms with E-state index in [4.69, 9.17) is 5.11 Å². The number of carbonyl (C=O) groups excluding carboxylic acids is 1. The standard InChI is InChI=1S/C13H15N5O3/c1-17(7-5-10-4-2-3-6-14-10)12(19)9-18-8-11(13(20)21)15-16-18/h2-4,6,8H,5,7,9H2,1H3,(H,20,21). The number of hydrogen-bond donors (Lipinski definition) is 1. The van der Waals surface area contributed by atoms with Crippen molar-refractivity contribution in [3.63, 3.8) is 0 Å². The zero-order chi connectivity index (χ0) is 15.2. The van der Waals surface area contributed by atoms with Crippen molar-refractivity contribution in [1.82, 2.24) is 24.9 Å². The lowest BCUT2D eigenvalue weighted by molar-refractivity contribution is -0.130. The highest BCUT2D eigenvalue weighted by Gasteiger charge is 2.13. The third-order valence-electron chi connectivity index (χ3n) is 2.91. The molecule has 0 aromatic carbocycles. The van der Waals surface area contributed by atoms with Crippen molar-refractivity contribution in [1.29, 1.82) is 0 Å². The molecular weight excluding hydrogens is 274 g/mol. The second-order valence-electron chi connectivity index (χ2n) is 4.49. The van der Waals surface area contributed by atoms with Gasteiger partial charge < -0.3 is 10.0 Å². The second-order valence-corrected chi connectivity index (χ2v) is 4.49. The van der Waals surface area contributed by atoms with E-state index >= 15 is 0 Å². The summed E-state index contributed by atoms with van der Waals surface area (Å²) in [5.41, 5.74) is 0.727. The lowest BCUT2D eigenvalue weighted by Crippen LogP contribution is -2.32. The van der Waals surface area contributed by atoms with Gasteiger partial charge in [-0.25, -0.2) is 9.48 Å². The average molecular weight is 289 g/mol. The van der Waals surface area contributed by atoms with Crippen LogP contribution in [0.4, 0.5) is 0 Å². The Balaban J connectivity index is 1.85. The van der Waals surface area contributed by atoms with Crippen LogP contribution in [0.25, 0.3) is 0 Å². The molecule has 21 heavy (non-hydrogen) atoms. The van der Waals surface area contributed by atoms with Crippen molar-refractivity contribution in [3.05, 3.63) is 42.0 Å². The Hall–Kier alpha value is -2.77. The number of amides is 1. The van der Waals surface area contributed by atoms with Gasteiger partial charge in [0.25, 0.3) is 0 Å². The fourth-order valence-corrected chi connectivity index (χ4v) is 1.69. The molecule has 0 spiro atoms. The van der Waals surface area contributed by atoms with Crippen LogP contribution in [0.5, 0.6) is 0 Å². The zero-order valence-electron chi connectivity index (χ0n) is 11.5. The van der Waals surface area contributed by atoms with E-state index in [1.165, 1.54) is 10.9 Å². The van der Waals surface area contributed by atoms with Gasteiger partial charge >= 0.3 is 5.97 Å². The van der Waals surface area contributed by atoms with Crippen molar-refractivity contribution in [2.24, 2.45) is 0 Å². The first kappa shape index (κ1) is 14.6. The Bertz CT molecular complexity index is 626. The molecule has 0 atom stereocenters. The van der Waals surface area contributed by atoms with Crippen LogP contribution in [0.1, 0.15) is 16.2 Å². The molecule has 0 aliphatic heterocycles. The van der Waals surface area contributed by atoms with E-state index in [1.54, 1.807) is 18.1 Å². The van der Waals surface area contributed by atoms with Gasteiger partial charge in [-0.15, -0.1) is 5.10 Å². The minimum absolute atomic E-state index is 0.0427. The van der Waals surface area contributed by atoms with Crippen molar-refractivity contribution in [2.45, 2.75) is 13.0 Å². The topological polar surface area (TPSA) is 101 Å². The van der Waals surface area contributed by atoms with Gasteiger partial charge in [0.15, 0.2) is 5.69 Å². The van der Waals surface area contributed by atoms with Crippen LogP contribution >= 0.6 is 0 Å². The highest BCUT2D eigenvalue weighted by molar-refractivity contribution is 5.84. The third kappa shape index (κ3) is 4.10. The van der Waals surface area contributed by atoms with E-state index in [-0.39, 0.29) is 18.1 Å². The van der Waals surface area contributed by atoms with Crippen LogP contribution < -0.4 is 0 Å². The van der Waals surface area contributed by atoms with Crippen LogP contribution in [0.15, 0.2) is 30.6 Å². The molecule has 0 saturated carbocycles. The maximum atomic E-state index is 12.0. The quantitative estimate of drug-likeness (QED) is 0.807. The number of aromatic nitrogens is 4. The Labute approximate surface area is 121 Å². The highest BCUT2D eigenvalue weighted by atomic mass is 16.4. The summed E-state index contributed by atoms with van der Waals surface area (Å²) in [7, 11) is 1.68. The number of nitrogens with zero attached hydrogens (tertiary/aromatic N) is 5. The van der Waals surface area contributed by atoms with E-state index in [9.17, 15) is 9.59 Å². The third-order valence-corrected chi connectivity index (χ3v) is 2.91. The molecule has 0 bridgehead atoms. The van der Waals surface area contributed by atoms with Gasteiger partial charge in [-0.2, -0.15) is 0 Å². The van der Waals surface area contributed by atoms with Gasteiger partial charge in [0, 0.05) is 31.9 Å². The van der Waals surface area contributed by atoms with Crippen LogP contribution in [0, 0.1) is 0 Å². The molecule has 1 N–H and O–H groups in total. The van der Waals surface area contributed by atoms with Gasteiger partial charge in [-0.1, -0.05) is 11.3 Å². The minimum Gasteiger partial charge on any atom is -0.476 e. The molecule has 2 rings (SSSR count). The number of carboxylic acids is 1. The molecule has 2 heterocycles. The molecular formula is C13H15N5O3. The van der Waals surface area contributed by atoms with Crippen molar-refractivity contribution >= 4 is 11.9 Å². The van der Waals surface area contributed by atoms with E-state index in [2.05, 4.69) is 15.3 Å². The number of likely N-dealkylation sites (N-methyl/N-ethyl adjacent to an activating group) is 1. The monoisotopic (exact) mass is 289 g/mol. The molecule has 2 aromatic rings. The van der Waals surface area contributed by atoms with Crippen LogP contribution in [-0.4, -0.2) is 55.5 Å². The van der Waals surface area contributed by atoms with Crippen molar-refractivity contribution in [2.75, 3.05) is 13.6 Å². The van der Waals surface area contributed by atoms with Gasteiger partial charge in [0.1, 0.15) is 6.54 Å². The maximum absolute atomic E-state index is 12.0. The molecule has 8 heteroatoms. The molecule has 0 aliphatic rings. The van der Waals surface area contributed by atoms with E-state index in [1.807, 2.05) is 18.2 Å². The Morgan fingerprint density at radius 3 is 2.81 bits per heavy atom. The number of carbonyl (C=O) groups is 2. The van der Waals surface area contributed by atoms with Crippen LogP contribution in [0.3, 0.4) is 0 Å². The summed E-state index contributed by atoms with van der Waals surface area (Å²) in [5.74, 6) is -1.34. The fourth-order valence-electron chi connectivity index (χ4n) is 1.69. The van der Waals surface area contributed by atoms with E-state index in [0.717, 1.165) is 5.69 Å². The molecule has 0 radical (unpaired) electrons. The molecule has 1 amide bonds. The first-order chi connectivity index (χ1) is 10.1. The van der Waals surface area contributed by atoms with Gasteiger partial charge in [0.05, 0.1) is 6.20 Å². The maximum Gasteiger partial charge on any atom is 0.358 e. The van der Waals surface area contributed by atoms with Gasteiger partial charge in [-0.05, 0) is 12.1 Å². The first-order valence-corrected chi connectivity index (χ1v) is 6.33.